The highest BCUT2D eigenvalue weighted by Gasteiger charge is 2.10. The van der Waals surface area contributed by atoms with Crippen molar-refractivity contribution in [2.24, 2.45) is 5.73 Å². The monoisotopic (exact) mass is 333 g/mol. The number of sulfone groups is 1. The summed E-state index contributed by atoms with van der Waals surface area (Å²) in [5.41, 5.74) is 5.03. The number of unbranched alkanes of at least 4 members (excludes halogenated alkanes) is 10. The molecule has 0 aromatic rings. The molecule has 5 heteroatoms. The van der Waals surface area contributed by atoms with Crippen LogP contribution in [0.1, 0.15) is 90.4 Å². The van der Waals surface area contributed by atoms with E-state index in [0.717, 1.165) is 19.3 Å². The predicted molar refractivity (Wildman–Crippen MR) is 93.5 cm³/mol. The standard InChI is InChI=1S/C17H35NO3S/c1-2-3-4-5-6-7-8-9-10-12-15-22(20,21)16-13-11-14-17(18)19/h2-16H2,1H3,(H2,18,19). The van der Waals surface area contributed by atoms with Gasteiger partial charge >= 0.3 is 0 Å². The van der Waals surface area contributed by atoms with Crippen LogP contribution in [0, 0.1) is 0 Å². The zero-order valence-electron chi connectivity index (χ0n) is 14.3. The number of hydrogen-bond acceptors (Lipinski definition) is 3. The summed E-state index contributed by atoms with van der Waals surface area (Å²) in [5, 5.41) is 0. The highest BCUT2D eigenvalue weighted by atomic mass is 32.2. The number of carbonyl (C=O) groups excluding carboxylic acids is 1. The highest BCUT2D eigenvalue weighted by molar-refractivity contribution is 7.91. The Morgan fingerprint density at radius 1 is 0.727 bits per heavy atom. The fourth-order valence-corrected chi connectivity index (χ4v) is 4.02. The van der Waals surface area contributed by atoms with Gasteiger partial charge in [0.25, 0.3) is 0 Å². The van der Waals surface area contributed by atoms with Crippen LogP contribution in [0.15, 0.2) is 0 Å². The number of primary amides is 1. The molecule has 0 saturated heterocycles. The van der Waals surface area contributed by atoms with Crippen molar-refractivity contribution in [3.63, 3.8) is 0 Å². The Kier molecular flexibility index (Phi) is 13.7. The summed E-state index contributed by atoms with van der Waals surface area (Å²) >= 11 is 0. The molecule has 0 bridgehead atoms. The third-order valence-electron chi connectivity index (χ3n) is 3.94. The molecule has 0 spiro atoms. The Balaban J connectivity index is 3.39. The Bertz CT molecular complexity index is 366. The SMILES string of the molecule is CCCCCCCCCCCCS(=O)(=O)CCCCC(N)=O. The minimum absolute atomic E-state index is 0.192. The van der Waals surface area contributed by atoms with Crippen LogP contribution in [0.5, 0.6) is 0 Å². The van der Waals surface area contributed by atoms with E-state index >= 15 is 0 Å². The van der Waals surface area contributed by atoms with Crippen LogP contribution in [0.4, 0.5) is 0 Å². The van der Waals surface area contributed by atoms with Crippen LogP contribution < -0.4 is 5.73 Å². The van der Waals surface area contributed by atoms with Crippen molar-refractivity contribution in [2.45, 2.75) is 90.4 Å². The minimum Gasteiger partial charge on any atom is -0.370 e. The Labute approximate surface area is 137 Å². The zero-order chi connectivity index (χ0) is 16.7. The van der Waals surface area contributed by atoms with E-state index in [9.17, 15) is 13.2 Å². The van der Waals surface area contributed by atoms with E-state index < -0.39 is 9.84 Å². The van der Waals surface area contributed by atoms with E-state index in [-0.39, 0.29) is 18.1 Å². The summed E-state index contributed by atoms with van der Waals surface area (Å²) < 4.78 is 23.6. The quantitative estimate of drug-likeness (QED) is 0.434. The largest absolute Gasteiger partial charge is 0.370 e. The molecule has 0 saturated carbocycles. The highest BCUT2D eigenvalue weighted by Crippen LogP contribution is 2.11. The fraction of sp³-hybridized carbons (Fsp3) is 0.941. The van der Waals surface area contributed by atoms with Gasteiger partial charge in [-0.15, -0.1) is 0 Å². The zero-order valence-corrected chi connectivity index (χ0v) is 15.1. The van der Waals surface area contributed by atoms with Gasteiger partial charge in [-0.1, -0.05) is 64.7 Å². The molecule has 0 fully saturated rings. The molecule has 0 aliphatic heterocycles. The van der Waals surface area contributed by atoms with Crippen LogP contribution in [0.25, 0.3) is 0 Å². The van der Waals surface area contributed by atoms with E-state index in [4.69, 9.17) is 5.73 Å². The summed E-state index contributed by atoms with van der Waals surface area (Å²) in [7, 11) is -2.94. The van der Waals surface area contributed by atoms with Crippen LogP contribution >= 0.6 is 0 Å². The van der Waals surface area contributed by atoms with Crippen molar-refractivity contribution >= 4 is 15.7 Å². The topological polar surface area (TPSA) is 77.2 Å². The van der Waals surface area contributed by atoms with Crippen molar-refractivity contribution in [1.29, 1.82) is 0 Å². The molecule has 132 valence electrons. The van der Waals surface area contributed by atoms with Gasteiger partial charge in [0.1, 0.15) is 9.84 Å². The Morgan fingerprint density at radius 2 is 1.14 bits per heavy atom. The number of nitrogens with two attached hydrogens (primary N) is 1. The normalized spacial score (nSPS) is 11.7. The van der Waals surface area contributed by atoms with Crippen LogP contribution in [0.3, 0.4) is 0 Å². The second-order valence-corrected chi connectivity index (χ2v) is 8.56. The first-order chi connectivity index (χ1) is 10.5. The smallest absolute Gasteiger partial charge is 0.217 e. The molecule has 22 heavy (non-hydrogen) atoms. The van der Waals surface area contributed by atoms with Gasteiger partial charge in [-0.25, -0.2) is 8.42 Å². The molecule has 0 radical (unpaired) electrons. The average Bonchev–Trinajstić information content (AvgIpc) is 2.45. The Hall–Kier alpha value is -0.580. The molecule has 0 aromatic heterocycles. The second kappa shape index (κ2) is 14.0. The molecule has 0 unspecified atom stereocenters. The first-order valence-corrected chi connectivity index (χ1v) is 10.8. The predicted octanol–water partition coefficient (Wildman–Crippen LogP) is 3.98. The van der Waals surface area contributed by atoms with Gasteiger partial charge in [0.2, 0.25) is 5.91 Å². The molecule has 0 atom stereocenters. The summed E-state index contributed by atoms with van der Waals surface area (Å²) in [6, 6.07) is 0. The number of rotatable bonds is 16. The molecule has 0 aliphatic rings. The lowest BCUT2D eigenvalue weighted by atomic mass is 10.1. The van der Waals surface area contributed by atoms with Crippen molar-refractivity contribution in [3.05, 3.63) is 0 Å². The fourth-order valence-electron chi connectivity index (χ4n) is 2.53. The molecule has 2 N–H and O–H groups in total. The lowest BCUT2D eigenvalue weighted by molar-refractivity contribution is -0.118. The summed E-state index contributed by atoms with van der Waals surface area (Å²) in [4.78, 5) is 10.6. The molecular formula is C17H35NO3S. The molecule has 0 aliphatic carbocycles. The Morgan fingerprint density at radius 3 is 1.59 bits per heavy atom. The lowest BCUT2D eigenvalue weighted by Gasteiger charge is -2.04. The van der Waals surface area contributed by atoms with Gasteiger partial charge in [-0.3, -0.25) is 4.79 Å². The first kappa shape index (κ1) is 21.4. The lowest BCUT2D eigenvalue weighted by Crippen LogP contribution is -2.13. The molecule has 0 aromatic carbocycles. The molecule has 0 rings (SSSR count). The van der Waals surface area contributed by atoms with Gasteiger partial charge in [0, 0.05) is 6.42 Å². The molecule has 4 nitrogen and oxygen atoms in total. The van der Waals surface area contributed by atoms with Crippen LogP contribution in [-0.4, -0.2) is 25.8 Å². The first-order valence-electron chi connectivity index (χ1n) is 8.96. The van der Waals surface area contributed by atoms with Crippen molar-refractivity contribution < 1.29 is 13.2 Å². The minimum atomic E-state index is -2.94. The van der Waals surface area contributed by atoms with E-state index in [1.165, 1.54) is 44.9 Å². The van der Waals surface area contributed by atoms with E-state index in [0.29, 0.717) is 18.6 Å². The number of carbonyl (C=O) groups is 1. The van der Waals surface area contributed by atoms with Gasteiger partial charge in [0.15, 0.2) is 0 Å². The van der Waals surface area contributed by atoms with Gasteiger partial charge in [0.05, 0.1) is 11.5 Å². The van der Waals surface area contributed by atoms with Gasteiger partial charge in [-0.05, 0) is 19.3 Å². The molecular weight excluding hydrogens is 298 g/mol. The summed E-state index contributed by atoms with van der Waals surface area (Å²) in [6.07, 6.45) is 13.5. The molecule has 1 amide bonds. The van der Waals surface area contributed by atoms with Crippen LogP contribution in [0.2, 0.25) is 0 Å². The van der Waals surface area contributed by atoms with E-state index in [1.54, 1.807) is 0 Å². The van der Waals surface area contributed by atoms with E-state index in [2.05, 4.69) is 6.92 Å². The van der Waals surface area contributed by atoms with Gasteiger partial charge < -0.3 is 5.73 Å². The third kappa shape index (κ3) is 15.8. The maximum Gasteiger partial charge on any atom is 0.217 e. The molecule has 0 heterocycles. The van der Waals surface area contributed by atoms with E-state index in [1.807, 2.05) is 0 Å². The summed E-state index contributed by atoms with van der Waals surface area (Å²) in [5.74, 6) is 0.129. The second-order valence-electron chi connectivity index (χ2n) is 6.26. The maximum atomic E-state index is 11.8. The van der Waals surface area contributed by atoms with Crippen molar-refractivity contribution in [3.8, 4) is 0 Å². The van der Waals surface area contributed by atoms with Crippen LogP contribution in [-0.2, 0) is 14.6 Å². The number of hydrogen-bond donors (Lipinski definition) is 1. The maximum absolute atomic E-state index is 11.8. The third-order valence-corrected chi connectivity index (χ3v) is 5.76. The van der Waals surface area contributed by atoms with Crippen molar-refractivity contribution in [1.82, 2.24) is 0 Å². The van der Waals surface area contributed by atoms with Crippen molar-refractivity contribution in [2.75, 3.05) is 11.5 Å². The summed E-state index contributed by atoms with van der Waals surface area (Å²) in [6.45, 7) is 2.23. The average molecular weight is 334 g/mol. The van der Waals surface area contributed by atoms with Gasteiger partial charge in [-0.2, -0.15) is 0 Å². The number of amides is 1.